The van der Waals surface area contributed by atoms with Crippen molar-refractivity contribution >= 4 is 17.7 Å². The zero-order valence-corrected chi connectivity index (χ0v) is 10.7. The highest BCUT2D eigenvalue weighted by Gasteiger charge is 2.28. The predicted molar refractivity (Wildman–Crippen MR) is 68.5 cm³/mol. The third-order valence-electron chi connectivity index (χ3n) is 3.73. The third kappa shape index (κ3) is 3.14. The van der Waals surface area contributed by atoms with Crippen LogP contribution in [0.15, 0.2) is 0 Å². The topological polar surface area (TPSA) is 46.3 Å². The van der Waals surface area contributed by atoms with Gasteiger partial charge in [0.2, 0.25) is 5.91 Å². The Morgan fingerprint density at radius 2 is 2.12 bits per heavy atom. The van der Waals surface area contributed by atoms with Gasteiger partial charge in [-0.1, -0.05) is 6.42 Å². The summed E-state index contributed by atoms with van der Waals surface area (Å²) in [5, 5.41) is 0. The lowest BCUT2D eigenvalue weighted by Gasteiger charge is -2.23. The average molecular weight is 242 g/mol. The number of nitrogens with two attached hydrogens (primary N) is 1. The van der Waals surface area contributed by atoms with Gasteiger partial charge in [-0.05, 0) is 30.9 Å². The van der Waals surface area contributed by atoms with Crippen LogP contribution in [-0.4, -0.2) is 41.4 Å². The minimum Gasteiger partial charge on any atom is -0.342 e. The quantitative estimate of drug-likeness (QED) is 0.797. The molecule has 2 fully saturated rings. The Bertz CT molecular complexity index is 239. The molecular weight excluding hydrogens is 220 g/mol. The molecule has 0 radical (unpaired) electrons. The van der Waals surface area contributed by atoms with E-state index in [1.165, 1.54) is 12.2 Å². The molecule has 3 nitrogen and oxygen atoms in total. The Hall–Kier alpha value is -0.220. The first kappa shape index (κ1) is 12.2. The van der Waals surface area contributed by atoms with Crippen molar-refractivity contribution in [2.45, 2.75) is 38.1 Å². The number of rotatable bonds is 2. The van der Waals surface area contributed by atoms with E-state index in [-0.39, 0.29) is 6.04 Å². The molecule has 1 heterocycles. The summed E-state index contributed by atoms with van der Waals surface area (Å²) in [4.78, 5) is 14.2. The zero-order valence-electron chi connectivity index (χ0n) is 9.86. The molecule has 2 rings (SSSR count). The summed E-state index contributed by atoms with van der Waals surface area (Å²) in [5.74, 6) is 3.09. The molecule has 0 aromatic rings. The normalized spacial score (nSPS) is 31.4. The van der Waals surface area contributed by atoms with E-state index in [0.717, 1.165) is 38.1 Å². The molecule has 1 aliphatic heterocycles. The number of thioether (sulfide) groups is 1. The first-order valence-electron chi connectivity index (χ1n) is 6.38. The van der Waals surface area contributed by atoms with Gasteiger partial charge in [-0.15, -0.1) is 0 Å². The highest BCUT2D eigenvalue weighted by Crippen LogP contribution is 2.27. The summed E-state index contributed by atoms with van der Waals surface area (Å²) in [6.45, 7) is 1.89. The van der Waals surface area contributed by atoms with Gasteiger partial charge in [0.05, 0.1) is 0 Å². The van der Waals surface area contributed by atoms with E-state index in [0.29, 0.717) is 18.2 Å². The molecule has 92 valence electrons. The molecule has 2 atom stereocenters. The lowest BCUT2D eigenvalue weighted by molar-refractivity contribution is -0.132. The molecule has 0 aromatic heterocycles. The molecule has 0 bridgehead atoms. The van der Waals surface area contributed by atoms with Gasteiger partial charge < -0.3 is 10.6 Å². The van der Waals surface area contributed by atoms with Crippen molar-refractivity contribution in [1.29, 1.82) is 0 Å². The Morgan fingerprint density at radius 1 is 1.25 bits per heavy atom. The molecule has 1 saturated heterocycles. The summed E-state index contributed by atoms with van der Waals surface area (Å²) < 4.78 is 0. The Labute approximate surface area is 102 Å². The summed E-state index contributed by atoms with van der Waals surface area (Å²) in [6.07, 6.45) is 5.29. The third-order valence-corrected chi connectivity index (χ3v) is 4.78. The van der Waals surface area contributed by atoms with E-state index in [1.807, 2.05) is 16.7 Å². The molecule has 1 amide bonds. The molecule has 0 unspecified atom stereocenters. The molecule has 2 N–H and O–H groups in total. The Balaban J connectivity index is 1.81. The number of carbonyl (C=O) groups excluding carboxylic acids is 1. The highest BCUT2D eigenvalue weighted by atomic mass is 32.2. The summed E-state index contributed by atoms with van der Waals surface area (Å²) >= 11 is 1.96. The van der Waals surface area contributed by atoms with Gasteiger partial charge in [-0.3, -0.25) is 4.79 Å². The molecule has 16 heavy (non-hydrogen) atoms. The predicted octanol–water partition coefficient (Wildman–Crippen LogP) is 1.47. The molecule has 1 saturated carbocycles. The Morgan fingerprint density at radius 3 is 2.88 bits per heavy atom. The lowest BCUT2D eigenvalue weighted by atomic mass is 9.99. The molecule has 4 heteroatoms. The van der Waals surface area contributed by atoms with Crippen LogP contribution in [0.25, 0.3) is 0 Å². The van der Waals surface area contributed by atoms with E-state index in [4.69, 9.17) is 5.73 Å². The van der Waals surface area contributed by atoms with Crippen LogP contribution in [0, 0.1) is 5.92 Å². The second kappa shape index (κ2) is 5.92. The van der Waals surface area contributed by atoms with E-state index in [1.54, 1.807) is 0 Å². The van der Waals surface area contributed by atoms with E-state index in [9.17, 15) is 4.79 Å². The molecule has 0 aromatic carbocycles. The first-order valence-corrected chi connectivity index (χ1v) is 7.54. The number of nitrogens with zero attached hydrogens (tertiary/aromatic N) is 1. The largest absolute Gasteiger partial charge is 0.342 e. The summed E-state index contributed by atoms with van der Waals surface area (Å²) in [5.41, 5.74) is 6.01. The fraction of sp³-hybridized carbons (Fsp3) is 0.917. The minimum atomic E-state index is 0.269. The van der Waals surface area contributed by atoms with Gasteiger partial charge in [0.1, 0.15) is 0 Å². The maximum atomic E-state index is 12.1. The van der Waals surface area contributed by atoms with Crippen LogP contribution >= 0.6 is 11.8 Å². The highest BCUT2D eigenvalue weighted by molar-refractivity contribution is 7.99. The number of carbonyl (C=O) groups is 1. The van der Waals surface area contributed by atoms with E-state index in [2.05, 4.69) is 0 Å². The van der Waals surface area contributed by atoms with Crippen molar-refractivity contribution in [2.75, 3.05) is 24.6 Å². The minimum absolute atomic E-state index is 0.269. The molecule has 1 aliphatic carbocycles. The van der Waals surface area contributed by atoms with Crippen LogP contribution < -0.4 is 5.73 Å². The van der Waals surface area contributed by atoms with Gasteiger partial charge in [-0.2, -0.15) is 11.8 Å². The van der Waals surface area contributed by atoms with Gasteiger partial charge >= 0.3 is 0 Å². The number of hydrogen-bond acceptors (Lipinski definition) is 3. The molecule has 0 spiro atoms. The van der Waals surface area contributed by atoms with Crippen LogP contribution in [0.1, 0.15) is 32.1 Å². The van der Waals surface area contributed by atoms with Crippen molar-refractivity contribution in [3.05, 3.63) is 0 Å². The first-order chi connectivity index (χ1) is 7.77. The fourth-order valence-electron chi connectivity index (χ4n) is 2.67. The van der Waals surface area contributed by atoms with Gasteiger partial charge in [0, 0.05) is 31.3 Å². The van der Waals surface area contributed by atoms with Gasteiger partial charge in [0.15, 0.2) is 0 Å². The smallest absolute Gasteiger partial charge is 0.222 e. The summed E-state index contributed by atoms with van der Waals surface area (Å²) in [6, 6.07) is 0.269. The fourth-order valence-corrected chi connectivity index (χ4v) is 3.55. The summed E-state index contributed by atoms with van der Waals surface area (Å²) in [7, 11) is 0. The van der Waals surface area contributed by atoms with Crippen molar-refractivity contribution in [3.63, 3.8) is 0 Å². The van der Waals surface area contributed by atoms with Gasteiger partial charge in [-0.25, -0.2) is 0 Å². The van der Waals surface area contributed by atoms with Crippen LogP contribution in [0.4, 0.5) is 0 Å². The standard InChI is InChI=1S/C12H22N2OS/c13-11-4-1-3-10(11)9-12(15)14-5-2-7-16-8-6-14/h10-11H,1-9,13H2/t10-,11+/m0/s1. The van der Waals surface area contributed by atoms with E-state index < -0.39 is 0 Å². The van der Waals surface area contributed by atoms with Crippen LogP contribution in [0.2, 0.25) is 0 Å². The lowest BCUT2D eigenvalue weighted by Crippen LogP contribution is -2.36. The van der Waals surface area contributed by atoms with E-state index >= 15 is 0 Å². The monoisotopic (exact) mass is 242 g/mol. The van der Waals surface area contributed by atoms with Crippen molar-refractivity contribution in [1.82, 2.24) is 4.90 Å². The zero-order chi connectivity index (χ0) is 11.4. The second-order valence-electron chi connectivity index (χ2n) is 4.91. The van der Waals surface area contributed by atoms with Crippen molar-refractivity contribution in [3.8, 4) is 0 Å². The maximum Gasteiger partial charge on any atom is 0.222 e. The molecule has 2 aliphatic rings. The Kier molecular flexibility index (Phi) is 4.53. The number of hydrogen-bond donors (Lipinski definition) is 1. The van der Waals surface area contributed by atoms with Crippen molar-refractivity contribution in [2.24, 2.45) is 11.7 Å². The van der Waals surface area contributed by atoms with Gasteiger partial charge in [0.25, 0.3) is 0 Å². The SMILES string of the molecule is N[C@@H]1CCC[C@H]1CC(=O)N1CCCSCC1. The average Bonchev–Trinajstić information content (AvgIpc) is 2.57. The second-order valence-corrected chi connectivity index (χ2v) is 6.13. The maximum absolute atomic E-state index is 12.1. The van der Waals surface area contributed by atoms with Crippen molar-refractivity contribution < 1.29 is 4.79 Å². The van der Waals surface area contributed by atoms with Crippen LogP contribution in [0.5, 0.6) is 0 Å². The number of amides is 1. The van der Waals surface area contributed by atoms with Crippen LogP contribution in [-0.2, 0) is 4.79 Å². The van der Waals surface area contributed by atoms with Crippen LogP contribution in [0.3, 0.4) is 0 Å². The molecular formula is C12H22N2OS.